The SMILES string of the molecule is CC1C=CC2C(C)C12. The smallest absolute Gasteiger partial charge is 0.0168 e. The zero-order valence-corrected chi connectivity index (χ0v) is 5.46. The first-order chi connectivity index (χ1) is 3.80. The summed E-state index contributed by atoms with van der Waals surface area (Å²) in [6.45, 7) is 4.68. The number of allylic oxidation sites excluding steroid dienone is 2. The second kappa shape index (κ2) is 1.18. The minimum Gasteiger partial charge on any atom is -0.0851 e. The van der Waals surface area contributed by atoms with Crippen molar-refractivity contribution in [3.8, 4) is 0 Å². The Kier molecular flexibility index (Phi) is 0.677. The number of fused-ring (bicyclic) bond motifs is 1. The summed E-state index contributed by atoms with van der Waals surface area (Å²) in [7, 11) is 0. The van der Waals surface area contributed by atoms with Crippen LogP contribution in [0, 0.1) is 23.7 Å². The molecule has 0 aromatic rings. The molecule has 4 atom stereocenters. The summed E-state index contributed by atoms with van der Waals surface area (Å²) in [6, 6.07) is 0. The van der Waals surface area contributed by atoms with E-state index in [2.05, 4.69) is 26.0 Å². The summed E-state index contributed by atoms with van der Waals surface area (Å²) in [6.07, 6.45) is 4.75. The molecule has 0 aliphatic heterocycles. The molecular weight excluding hydrogens is 96.1 g/mol. The van der Waals surface area contributed by atoms with Gasteiger partial charge in [-0.1, -0.05) is 26.0 Å². The molecule has 0 aromatic heterocycles. The van der Waals surface area contributed by atoms with E-state index in [1.807, 2.05) is 0 Å². The van der Waals surface area contributed by atoms with Gasteiger partial charge >= 0.3 is 0 Å². The summed E-state index contributed by atoms with van der Waals surface area (Å²) >= 11 is 0. The van der Waals surface area contributed by atoms with E-state index in [0.717, 1.165) is 23.7 Å². The van der Waals surface area contributed by atoms with Crippen LogP contribution in [0.5, 0.6) is 0 Å². The fourth-order valence-electron chi connectivity index (χ4n) is 2.09. The van der Waals surface area contributed by atoms with Crippen LogP contribution >= 0.6 is 0 Å². The Morgan fingerprint density at radius 2 is 1.88 bits per heavy atom. The van der Waals surface area contributed by atoms with Gasteiger partial charge in [0.05, 0.1) is 0 Å². The van der Waals surface area contributed by atoms with E-state index >= 15 is 0 Å². The fourth-order valence-corrected chi connectivity index (χ4v) is 2.09. The molecule has 1 saturated carbocycles. The summed E-state index contributed by atoms with van der Waals surface area (Å²) < 4.78 is 0. The Morgan fingerprint density at radius 3 is 2.12 bits per heavy atom. The molecule has 0 heterocycles. The number of rotatable bonds is 0. The molecule has 0 N–H and O–H groups in total. The van der Waals surface area contributed by atoms with Crippen molar-refractivity contribution in [3.05, 3.63) is 12.2 Å². The third kappa shape index (κ3) is 0.367. The van der Waals surface area contributed by atoms with Crippen molar-refractivity contribution in [1.29, 1.82) is 0 Å². The van der Waals surface area contributed by atoms with Crippen molar-refractivity contribution in [2.45, 2.75) is 13.8 Å². The number of hydrogen-bond donors (Lipinski definition) is 0. The molecular formula is C8H12. The molecule has 8 heavy (non-hydrogen) atoms. The maximum atomic E-state index is 2.39. The Labute approximate surface area is 50.6 Å². The molecule has 0 aromatic carbocycles. The van der Waals surface area contributed by atoms with Crippen LogP contribution < -0.4 is 0 Å². The Morgan fingerprint density at radius 1 is 1.12 bits per heavy atom. The average molecular weight is 108 g/mol. The Bertz CT molecular complexity index is 133. The second-order valence-electron chi connectivity index (χ2n) is 3.26. The Balaban J connectivity index is 2.18. The summed E-state index contributed by atoms with van der Waals surface area (Å²) in [5.74, 6) is 3.91. The lowest BCUT2D eigenvalue weighted by Gasteiger charge is -1.97. The average Bonchev–Trinajstić information content (AvgIpc) is 2.13. The quantitative estimate of drug-likeness (QED) is 0.417. The van der Waals surface area contributed by atoms with Crippen LogP contribution in [0.4, 0.5) is 0 Å². The summed E-state index contributed by atoms with van der Waals surface area (Å²) in [4.78, 5) is 0. The molecule has 0 spiro atoms. The normalized spacial score (nSPS) is 58.8. The van der Waals surface area contributed by atoms with E-state index in [9.17, 15) is 0 Å². The van der Waals surface area contributed by atoms with Gasteiger partial charge in [-0.05, 0) is 23.7 Å². The van der Waals surface area contributed by atoms with E-state index in [1.165, 1.54) is 0 Å². The molecule has 2 aliphatic rings. The lowest BCUT2D eigenvalue weighted by atomic mass is 10.1. The largest absolute Gasteiger partial charge is 0.0851 e. The molecule has 4 unspecified atom stereocenters. The van der Waals surface area contributed by atoms with E-state index < -0.39 is 0 Å². The van der Waals surface area contributed by atoms with Crippen molar-refractivity contribution < 1.29 is 0 Å². The van der Waals surface area contributed by atoms with Crippen LogP contribution in [0.2, 0.25) is 0 Å². The minimum atomic E-state index is 0.884. The van der Waals surface area contributed by atoms with Crippen molar-refractivity contribution in [3.63, 3.8) is 0 Å². The zero-order valence-electron chi connectivity index (χ0n) is 5.46. The predicted octanol–water partition coefficient (Wildman–Crippen LogP) is 2.07. The van der Waals surface area contributed by atoms with Crippen LogP contribution in [0.25, 0.3) is 0 Å². The van der Waals surface area contributed by atoms with Gasteiger partial charge in [-0.25, -0.2) is 0 Å². The Hall–Kier alpha value is -0.260. The van der Waals surface area contributed by atoms with Crippen LogP contribution in [-0.4, -0.2) is 0 Å². The zero-order chi connectivity index (χ0) is 5.72. The third-order valence-electron chi connectivity index (χ3n) is 2.76. The van der Waals surface area contributed by atoms with Gasteiger partial charge in [0.15, 0.2) is 0 Å². The molecule has 0 heteroatoms. The van der Waals surface area contributed by atoms with E-state index in [4.69, 9.17) is 0 Å². The number of hydrogen-bond acceptors (Lipinski definition) is 0. The van der Waals surface area contributed by atoms with E-state index in [0.29, 0.717) is 0 Å². The molecule has 1 fully saturated rings. The topological polar surface area (TPSA) is 0 Å². The van der Waals surface area contributed by atoms with Gasteiger partial charge in [-0.3, -0.25) is 0 Å². The van der Waals surface area contributed by atoms with Crippen molar-refractivity contribution >= 4 is 0 Å². The second-order valence-corrected chi connectivity index (χ2v) is 3.26. The van der Waals surface area contributed by atoms with Crippen LogP contribution in [0.15, 0.2) is 12.2 Å². The first kappa shape index (κ1) is 4.60. The molecule has 0 amide bonds. The molecule has 0 bridgehead atoms. The lowest BCUT2D eigenvalue weighted by molar-refractivity contribution is 0.594. The third-order valence-corrected chi connectivity index (χ3v) is 2.76. The standard InChI is InChI=1S/C8H12/c1-5-3-4-7-6(2)8(5)7/h3-8H,1-2H3. The summed E-state index contributed by atoms with van der Waals surface area (Å²) in [5, 5.41) is 0. The molecule has 0 saturated heterocycles. The highest BCUT2D eigenvalue weighted by molar-refractivity contribution is 5.18. The summed E-state index contributed by atoms with van der Waals surface area (Å²) in [5.41, 5.74) is 0. The van der Waals surface area contributed by atoms with Crippen LogP contribution in [0.3, 0.4) is 0 Å². The molecule has 2 rings (SSSR count). The van der Waals surface area contributed by atoms with Crippen LogP contribution in [-0.2, 0) is 0 Å². The predicted molar refractivity (Wildman–Crippen MR) is 34.4 cm³/mol. The van der Waals surface area contributed by atoms with Gasteiger partial charge < -0.3 is 0 Å². The van der Waals surface area contributed by atoms with E-state index in [1.54, 1.807) is 0 Å². The monoisotopic (exact) mass is 108 g/mol. The highest BCUT2D eigenvalue weighted by Gasteiger charge is 2.50. The highest BCUT2D eigenvalue weighted by Crippen LogP contribution is 2.55. The fraction of sp³-hybridized carbons (Fsp3) is 0.750. The maximum Gasteiger partial charge on any atom is -0.0168 e. The van der Waals surface area contributed by atoms with Crippen LogP contribution in [0.1, 0.15) is 13.8 Å². The maximum absolute atomic E-state index is 2.39. The van der Waals surface area contributed by atoms with Gasteiger partial charge in [0, 0.05) is 0 Å². The lowest BCUT2D eigenvalue weighted by Crippen LogP contribution is -1.89. The van der Waals surface area contributed by atoms with Crippen molar-refractivity contribution in [2.24, 2.45) is 23.7 Å². The van der Waals surface area contributed by atoms with Gasteiger partial charge in [0.2, 0.25) is 0 Å². The van der Waals surface area contributed by atoms with Gasteiger partial charge in [0.1, 0.15) is 0 Å². The molecule has 0 nitrogen and oxygen atoms in total. The van der Waals surface area contributed by atoms with Crippen molar-refractivity contribution in [1.82, 2.24) is 0 Å². The molecule has 2 aliphatic carbocycles. The highest BCUT2D eigenvalue weighted by atomic mass is 14.5. The molecule has 0 radical (unpaired) electrons. The first-order valence-corrected chi connectivity index (χ1v) is 3.49. The molecule has 44 valence electrons. The van der Waals surface area contributed by atoms with Gasteiger partial charge in [-0.15, -0.1) is 0 Å². The minimum absolute atomic E-state index is 0.884. The van der Waals surface area contributed by atoms with Crippen molar-refractivity contribution in [2.75, 3.05) is 0 Å². The van der Waals surface area contributed by atoms with Gasteiger partial charge in [0.25, 0.3) is 0 Å². The first-order valence-electron chi connectivity index (χ1n) is 3.49. The van der Waals surface area contributed by atoms with E-state index in [-0.39, 0.29) is 0 Å². The van der Waals surface area contributed by atoms with Gasteiger partial charge in [-0.2, -0.15) is 0 Å².